The molecule has 0 saturated carbocycles. The highest BCUT2D eigenvalue weighted by molar-refractivity contribution is 6.36. The molecule has 1 heterocycles. The van der Waals surface area contributed by atoms with E-state index in [1.54, 1.807) is 12.1 Å². The molecule has 5 heteroatoms. The van der Waals surface area contributed by atoms with Gasteiger partial charge in [-0.15, -0.1) is 0 Å². The molecule has 2 aromatic carbocycles. The van der Waals surface area contributed by atoms with Crippen LogP contribution in [0.5, 0.6) is 0 Å². The highest BCUT2D eigenvalue weighted by Crippen LogP contribution is 2.35. The van der Waals surface area contributed by atoms with Crippen LogP contribution in [-0.4, -0.2) is 5.91 Å². The van der Waals surface area contributed by atoms with Crippen molar-refractivity contribution in [3.63, 3.8) is 0 Å². The lowest BCUT2D eigenvalue weighted by Crippen LogP contribution is -2.31. The zero-order valence-electron chi connectivity index (χ0n) is 11.2. The van der Waals surface area contributed by atoms with Crippen molar-refractivity contribution >= 4 is 29.1 Å². The smallest absolute Gasteiger partial charge is 0.224 e. The number of hydrogen-bond donors (Lipinski definition) is 2. The third-order valence-corrected chi connectivity index (χ3v) is 4.31. The van der Waals surface area contributed by atoms with Gasteiger partial charge in [0, 0.05) is 28.7 Å². The molecule has 1 amide bonds. The Kier molecular flexibility index (Phi) is 3.89. The summed E-state index contributed by atoms with van der Waals surface area (Å²) in [6, 6.07) is 9.43. The highest BCUT2D eigenvalue weighted by Gasteiger charge is 2.21. The topological polar surface area (TPSA) is 55.1 Å². The second kappa shape index (κ2) is 5.68. The SMILES string of the molecule is NCc1c(-c2ccc(Cl)cc2Cl)ccc2c1CC(=O)NC2. The summed E-state index contributed by atoms with van der Waals surface area (Å²) in [6.45, 7) is 0.917. The van der Waals surface area contributed by atoms with Gasteiger partial charge in [-0.1, -0.05) is 41.4 Å². The molecule has 0 aliphatic carbocycles. The zero-order chi connectivity index (χ0) is 15.0. The van der Waals surface area contributed by atoms with Crippen LogP contribution in [0.25, 0.3) is 11.1 Å². The Balaban J connectivity index is 2.19. The van der Waals surface area contributed by atoms with E-state index in [-0.39, 0.29) is 5.91 Å². The minimum absolute atomic E-state index is 0.0246. The molecule has 0 bridgehead atoms. The van der Waals surface area contributed by atoms with E-state index in [0.29, 0.717) is 29.6 Å². The van der Waals surface area contributed by atoms with Gasteiger partial charge >= 0.3 is 0 Å². The fraction of sp³-hybridized carbons (Fsp3) is 0.188. The molecule has 0 radical (unpaired) electrons. The number of nitrogens with two attached hydrogens (primary N) is 1. The first-order valence-corrected chi connectivity index (χ1v) is 7.41. The Hall–Kier alpha value is -1.55. The van der Waals surface area contributed by atoms with E-state index in [1.807, 2.05) is 18.2 Å². The summed E-state index contributed by atoms with van der Waals surface area (Å²) in [7, 11) is 0. The van der Waals surface area contributed by atoms with Crippen LogP contribution in [0.1, 0.15) is 16.7 Å². The van der Waals surface area contributed by atoms with Crippen LogP contribution in [0.15, 0.2) is 30.3 Å². The number of halogens is 2. The maximum atomic E-state index is 11.7. The Morgan fingerprint density at radius 1 is 1.14 bits per heavy atom. The molecule has 21 heavy (non-hydrogen) atoms. The van der Waals surface area contributed by atoms with Gasteiger partial charge in [-0.25, -0.2) is 0 Å². The van der Waals surface area contributed by atoms with E-state index in [9.17, 15) is 4.79 Å². The number of carbonyl (C=O) groups is 1. The molecule has 108 valence electrons. The van der Waals surface area contributed by atoms with Crippen molar-refractivity contribution < 1.29 is 4.79 Å². The summed E-state index contributed by atoms with van der Waals surface area (Å²) in [5, 5.41) is 4.02. The van der Waals surface area contributed by atoms with E-state index < -0.39 is 0 Å². The molecule has 1 aliphatic heterocycles. The third-order valence-electron chi connectivity index (χ3n) is 3.77. The van der Waals surface area contributed by atoms with Crippen LogP contribution >= 0.6 is 23.2 Å². The minimum Gasteiger partial charge on any atom is -0.352 e. The van der Waals surface area contributed by atoms with Gasteiger partial charge in [0.1, 0.15) is 0 Å². The number of nitrogens with one attached hydrogen (secondary N) is 1. The van der Waals surface area contributed by atoms with Crippen molar-refractivity contribution in [2.45, 2.75) is 19.5 Å². The average molecular weight is 321 g/mol. The summed E-state index contributed by atoms with van der Waals surface area (Å²) >= 11 is 12.3. The molecular weight excluding hydrogens is 307 g/mol. The monoisotopic (exact) mass is 320 g/mol. The first-order chi connectivity index (χ1) is 10.1. The van der Waals surface area contributed by atoms with Gasteiger partial charge in [0.05, 0.1) is 6.42 Å². The van der Waals surface area contributed by atoms with Crippen LogP contribution in [0.2, 0.25) is 10.0 Å². The van der Waals surface area contributed by atoms with Crippen LogP contribution in [0.4, 0.5) is 0 Å². The van der Waals surface area contributed by atoms with Crippen molar-refractivity contribution in [2.24, 2.45) is 5.73 Å². The van der Waals surface area contributed by atoms with E-state index in [1.165, 1.54) is 0 Å². The number of benzene rings is 2. The molecule has 0 spiro atoms. The zero-order valence-corrected chi connectivity index (χ0v) is 12.8. The van der Waals surface area contributed by atoms with Gasteiger partial charge in [-0.05, 0) is 34.4 Å². The molecule has 1 aliphatic rings. The second-order valence-electron chi connectivity index (χ2n) is 5.01. The normalized spacial score (nSPS) is 13.8. The lowest BCUT2D eigenvalue weighted by molar-refractivity contribution is -0.121. The van der Waals surface area contributed by atoms with E-state index >= 15 is 0 Å². The molecule has 0 atom stereocenters. The summed E-state index contributed by atoms with van der Waals surface area (Å²) in [5.41, 5.74) is 10.9. The maximum Gasteiger partial charge on any atom is 0.224 e. The number of fused-ring (bicyclic) bond motifs is 1. The molecule has 3 N–H and O–H groups in total. The molecule has 3 rings (SSSR count). The largest absolute Gasteiger partial charge is 0.352 e. The minimum atomic E-state index is 0.0246. The Morgan fingerprint density at radius 3 is 2.62 bits per heavy atom. The number of carbonyl (C=O) groups excluding carboxylic acids is 1. The third kappa shape index (κ3) is 2.64. The molecular formula is C16H14Cl2N2O. The number of hydrogen-bond acceptors (Lipinski definition) is 2. The van der Waals surface area contributed by atoms with Gasteiger partial charge in [0.25, 0.3) is 0 Å². The van der Waals surface area contributed by atoms with Gasteiger partial charge in [0.15, 0.2) is 0 Å². The Labute approximate surface area is 133 Å². The van der Waals surface area contributed by atoms with E-state index in [2.05, 4.69) is 5.32 Å². The summed E-state index contributed by atoms with van der Waals surface area (Å²) < 4.78 is 0. The quantitative estimate of drug-likeness (QED) is 0.892. The molecule has 0 aromatic heterocycles. The second-order valence-corrected chi connectivity index (χ2v) is 5.85. The standard InChI is InChI=1S/C16H14Cl2N2O/c17-10-2-4-12(15(18)5-10)11-3-1-9-8-20-16(21)6-13(9)14(11)7-19/h1-5H,6-8,19H2,(H,20,21). The predicted octanol–water partition coefficient (Wildman–Crippen LogP) is 3.29. The molecule has 3 nitrogen and oxygen atoms in total. The van der Waals surface area contributed by atoms with E-state index in [0.717, 1.165) is 27.8 Å². The van der Waals surface area contributed by atoms with Crippen LogP contribution < -0.4 is 11.1 Å². The van der Waals surface area contributed by atoms with Crippen LogP contribution in [0.3, 0.4) is 0 Å². The average Bonchev–Trinajstić information content (AvgIpc) is 2.46. The van der Waals surface area contributed by atoms with Gasteiger partial charge in [0.2, 0.25) is 5.91 Å². The maximum absolute atomic E-state index is 11.7. The number of amides is 1. The summed E-state index contributed by atoms with van der Waals surface area (Å²) in [4.78, 5) is 11.7. The van der Waals surface area contributed by atoms with Crippen molar-refractivity contribution in [3.8, 4) is 11.1 Å². The predicted molar refractivity (Wildman–Crippen MR) is 85.3 cm³/mol. The molecule has 0 saturated heterocycles. The van der Waals surface area contributed by atoms with Crippen molar-refractivity contribution in [1.29, 1.82) is 0 Å². The number of rotatable bonds is 2. The lowest BCUT2D eigenvalue weighted by Gasteiger charge is -2.22. The van der Waals surface area contributed by atoms with Crippen molar-refractivity contribution in [3.05, 3.63) is 57.1 Å². The molecule has 0 unspecified atom stereocenters. The van der Waals surface area contributed by atoms with Gasteiger partial charge in [-0.3, -0.25) is 4.79 Å². The summed E-state index contributed by atoms with van der Waals surface area (Å²) in [5.74, 6) is 0.0246. The summed E-state index contributed by atoms with van der Waals surface area (Å²) in [6.07, 6.45) is 0.362. The highest BCUT2D eigenvalue weighted by atomic mass is 35.5. The fourth-order valence-corrected chi connectivity index (χ4v) is 3.25. The molecule has 2 aromatic rings. The van der Waals surface area contributed by atoms with Crippen LogP contribution in [0, 0.1) is 0 Å². The van der Waals surface area contributed by atoms with Gasteiger partial charge in [-0.2, -0.15) is 0 Å². The molecule has 0 fully saturated rings. The fourth-order valence-electron chi connectivity index (χ4n) is 2.74. The first kappa shape index (κ1) is 14.4. The first-order valence-electron chi connectivity index (χ1n) is 6.66. The lowest BCUT2D eigenvalue weighted by atomic mass is 9.88. The van der Waals surface area contributed by atoms with Crippen molar-refractivity contribution in [1.82, 2.24) is 5.32 Å². The van der Waals surface area contributed by atoms with E-state index in [4.69, 9.17) is 28.9 Å². The van der Waals surface area contributed by atoms with Gasteiger partial charge < -0.3 is 11.1 Å². The Morgan fingerprint density at radius 2 is 1.90 bits per heavy atom. The van der Waals surface area contributed by atoms with Crippen LogP contribution in [-0.2, 0) is 24.3 Å². The van der Waals surface area contributed by atoms with Crippen molar-refractivity contribution in [2.75, 3.05) is 0 Å². The Bertz CT molecular complexity index is 728.